The van der Waals surface area contributed by atoms with E-state index in [0.29, 0.717) is 12.5 Å². The molecule has 0 aliphatic carbocycles. The van der Waals surface area contributed by atoms with Gasteiger partial charge in [-0.05, 0) is 31.9 Å². The van der Waals surface area contributed by atoms with E-state index in [4.69, 9.17) is 9.15 Å². The Labute approximate surface area is 121 Å². The van der Waals surface area contributed by atoms with Crippen LogP contribution in [0.5, 0.6) is 5.75 Å². The fraction of sp³-hybridized carbons (Fsp3) is 0.471. The smallest absolute Gasteiger partial charge is 0.197 e. The summed E-state index contributed by atoms with van der Waals surface area (Å²) in [6, 6.07) is 9.86. The molecular weight excluding hydrogens is 250 g/mol. The van der Waals surface area contributed by atoms with Crippen molar-refractivity contribution in [1.82, 2.24) is 4.98 Å². The molecule has 20 heavy (non-hydrogen) atoms. The van der Waals surface area contributed by atoms with Gasteiger partial charge in [-0.25, -0.2) is 4.98 Å². The highest BCUT2D eigenvalue weighted by Crippen LogP contribution is 2.24. The number of aromatic nitrogens is 1. The van der Waals surface area contributed by atoms with Crippen molar-refractivity contribution in [2.75, 3.05) is 6.61 Å². The first-order valence-corrected chi connectivity index (χ1v) is 7.38. The second-order valence-corrected chi connectivity index (χ2v) is 4.98. The van der Waals surface area contributed by atoms with E-state index in [1.54, 1.807) is 0 Å². The highest BCUT2D eigenvalue weighted by Gasteiger charge is 2.16. The predicted octanol–water partition coefficient (Wildman–Crippen LogP) is 4.51. The van der Waals surface area contributed by atoms with Gasteiger partial charge in [-0.15, -0.1) is 0 Å². The quantitative estimate of drug-likeness (QED) is 0.744. The number of rotatable bonds is 7. The number of para-hydroxylation sites is 1. The lowest BCUT2D eigenvalue weighted by Gasteiger charge is -2.06. The van der Waals surface area contributed by atoms with Crippen LogP contribution in [0.25, 0.3) is 0 Å². The summed E-state index contributed by atoms with van der Waals surface area (Å²) >= 11 is 0. The van der Waals surface area contributed by atoms with Crippen LogP contribution in [0.2, 0.25) is 0 Å². The Bertz CT molecular complexity index is 515. The summed E-state index contributed by atoms with van der Waals surface area (Å²) in [5.74, 6) is 3.12. The fourth-order valence-corrected chi connectivity index (χ4v) is 2.28. The Morgan fingerprint density at radius 2 is 1.85 bits per heavy atom. The molecule has 0 amide bonds. The molecule has 0 radical (unpaired) electrons. The van der Waals surface area contributed by atoms with Crippen molar-refractivity contribution in [3.8, 4) is 5.75 Å². The average molecular weight is 273 g/mol. The first-order chi connectivity index (χ1) is 9.74. The molecule has 0 aliphatic rings. The molecule has 0 unspecified atom stereocenters. The number of hydrogen-bond donors (Lipinski definition) is 0. The molecule has 2 rings (SSSR count). The van der Waals surface area contributed by atoms with Gasteiger partial charge < -0.3 is 9.15 Å². The lowest BCUT2D eigenvalue weighted by atomic mass is 10.0. The van der Waals surface area contributed by atoms with Gasteiger partial charge in [0.25, 0.3) is 0 Å². The minimum atomic E-state index is 0.428. The van der Waals surface area contributed by atoms with Gasteiger partial charge in [0.15, 0.2) is 5.89 Å². The summed E-state index contributed by atoms with van der Waals surface area (Å²) in [6.07, 6.45) is 2.91. The number of benzene rings is 1. The van der Waals surface area contributed by atoms with Crippen LogP contribution in [0, 0.1) is 6.92 Å². The SMILES string of the molecule is CCC(CC)c1nc(CCOc2ccccc2)c(C)o1. The molecule has 0 aliphatic heterocycles. The van der Waals surface area contributed by atoms with Crippen molar-refractivity contribution < 1.29 is 9.15 Å². The number of aryl methyl sites for hydroxylation is 1. The molecule has 0 saturated carbocycles. The molecule has 3 heteroatoms. The van der Waals surface area contributed by atoms with E-state index in [0.717, 1.165) is 42.4 Å². The first-order valence-electron chi connectivity index (χ1n) is 7.38. The molecule has 0 fully saturated rings. The van der Waals surface area contributed by atoms with Crippen LogP contribution < -0.4 is 4.74 Å². The van der Waals surface area contributed by atoms with E-state index < -0.39 is 0 Å². The topological polar surface area (TPSA) is 35.3 Å². The van der Waals surface area contributed by atoms with Gasteiger partial charge in [0, 0.05) is 12.3 Å². The van der Waals surface area contributed by atoms with Gasteiger partial charge in [-0.2, -0.15) is 0 Å². The van der Waals surface area contributed by atoms with Crippen molar-refractivity contribution in [2.24, 2.45) is 0 Å². The van der Waals surface area contributed by atoms with Gasteiger partial charge >= 0.3 is 0 Å². The molecule has 3 nitrogen and oxygen atoms in total. The largest absolute Gasteiger partial charge is 0.493 e. The Hall–Kier alpha value is -1.77. The zero-order valence-electron chi connectivity index (χ0n) is 12.6. The maximum absolute atomic E-state index is 5.79. The summed E-state index contributed by atoms with van der Waals surface area (Å²) in [4.78, 5) is 4.64. The minimum Gasteiger partial charge on any atom is -0.493 e. The average Bonchev–Trinajstić information content (AvgIpc) is 2.83. The monoisotopic (exact) mass is 273 g/mol. The predicted molar refractivity (Wildman–Crippen MR) is 80.2 cm³/mol. The van der Waals surface area contributed by atoms with E-state index in [2.05, 4.69) is 18.8 Å². The normalized spacial score (nSPS) is 11.0. The van der Waals surface area contributed by atoms with E-state index in [-0.39, 0.29) is 0 Å². The minimum absolute atomic E-state index is 0.428. The van der Waals surface area contributed by atoms with Crippen LogP contribution >= 0.6 is 0 Å². The number of hydrogen-bond acceptors (Lipinski definition) is 3. The molecular formula is C17H23NO2. The van der Waals surface area contributed by atoms with Crippen molar-refractivity contribution in [3.63, 3.8) is 0 Å². The molecule has 1 aromatic heterocycles. The van der Waals surface area contributed by atoms with E-state index >= 15 is 0 Å². The molecule has 0 atom stereocenters. The van der Waals surface area contributed by atoms with Gasteiger partial charge in [0.2, 0.25) is 0 Å². The highest BCUT2D eigenvalue weighted by molar-refractivity contribution is 5.21. The number of oxazole rings is 1. The molecule has 0 N–H and O–H groups in total. The molecule has 2 aromatic rings. The van der Waals surface area contributed by atoms with E-state index in [1.165, 1.54) is 0 Å². The Morgan fingerprint density at radius 3 is 2.50 bits per heavy atom. The third kappa shape index (κ3) is 3.62. The summed E-state index contributed by atoms with van der Waals surface area (Å²) in [6.45, 7) is 6.95. The van der Waals surface area contributed by atoms with Crippen LogP contribution in [0.3, 0.4) is 0 Å². The molecule has 0 spiro atoms. The zero-order valence-corrected chi connectivity index (χ0v) is 12.6. The van der Waals surface area contributed by atoms with Crippen molar-refractivity contribution in [1.29, 1.82) is 0 Å². The lowest BCUT2D eigenvalue weighted by molar-refractivity contribution is 0.320. The Kier molecular flexibility index (Phi) is 5.22. The lowest BCUT2D eigenvalue weighted by Crippen LogP contribution is -2.03. The van der Waals surface area contributed by atoms with Crippen LogP contribution in [-0.2, 0) is 6.42 Å². The second-order valence-electron chi connectivity index (χ2n) is 4.98. The fourth-order valence-electron chi connectivity index (χ4n) is 2.28. The maximum atomic E-state index is 5.79. The van der Waals surface area contributed by atoms with Crippen LogP contribution in [0.4, 0.5) is 0 Å². The van der Waals surface area contributed by atoms with Gasteiger partial charge in [0.05, 0.1) is 12.3 Å². The molecule has 108 valence electrons. The second kappa shape index (κ2) is 7.13. The third-order valence-corrected chi connectivity index (χ3v) is 3.59. The number of nitrogens with zero attached hydrogens (tertiary/aromatic N) is 1. The summed E-state index contributed by atoms with van der Waals surface area (Å²) in [7, 11) is 0. The van der Waals surface area contributed by atoms with Crippen molar-refractivity contribution in [3.05, 3.63) is 47.7 Å². The highest BCUT2D eigenvalue weighted by atomic mass is 16.5. The summed E-state index contributed by atoms with van der Waals surface area (Å²) < 4.78 is 11.5. The maximum Gasteiger partial charge on any atom is 0.197 e. The Morgan fingerprint density at radius 1 is 1.15 bits per heavy atom. The third-order valence-electron chi connectivity index (χ3n) is 3.59. The van der Waals surface area contributed by atoms with Crippen LogP contribution in [-0.4, -0.2) is 11.6 Å². The van der Waals surface area contributed by atoms with E-state index in [9.17, 15) is 0 Å². The number of ether oxygens (including phenoxy) is 1. The zero-order chi connectivity index (χ0) is 14.4. The Balaban J connectivity index is 1.93. The summed E-state index contributed by atoms with van der Waals surface area (Å²) in [5.41, 5.74) is 1.02. The first kappa shape index (κ1) is 14.6. The van der Waals surface area contributed by atoms with Gasteiger partial charge in [-0.3, -0.25) is 0 Å². The van der Waals surface area contributed by atoms with Crippen LogP contribution in [0.1, 0.15) is 50.0 Å². The molecule has 1 heterocycles. The van der Waals surface area contributed by atoms with Crippen LogP contribution in [0.15, 0.2) is 34.7 Å². The summed E-state index contributed by atoms with van der Waals surface area (Å²) in [5, 5.41) is 0. The standard InChI is InChI=1S/C17H23NO2/c1-4-14(5-2)17-18-16(13(3)20-17)11-12-19-15-9-7-6-8-10-15/h6-10,14H,4-5,11-12H2,1-3H3. The van der Waals surface area contributed by atoms with Crippen molar-refractivity contribution >= 4 is 0 Å². The molecule has 1 aromatic carbocycles. The van der Waals surface area contributed by atoms with Gasteiger partial charge in [0.1, 0.15) is 11.5 Å². The molecule has 0 bridgehead atoms. The van der Waals surface area contributed by atoms with Gasteiger partial charge in [-0.1, -0.05) is 32.0 Å². The van der Waals surface area contributed by atoms with Crippen molar-refractivity contribution in [2.45, 2.75) is 46.0 Å². The molecule has 0 saturated heterocycles. The van der Waals surface area contributed by atoms with E-state index in [1.807, 2.05) is 37.3 Å².